The van der Waals surface area contributed by atoms with Crippen LogP contribution in [0.1, 0.15) is 30.9 Å². The molecule has 0 atom stereocenters. The fourth-order valence-corrected chi connectivity index (χ4v) is 2.09. The fourth-order valence-electron chi connectivity index (χ4n) is 2.09. The summed E-state index contributed by atoms with van der Waals surface area (Å²) in [5.41, 5.74) is 2.62. The number of rotatable bonds is 6. The van der Waals surface area contributed by atoms with E-state index < -0.39 is 17.4 Å². The Morgan fingerprint density at radius 1 is 1.00 bits per heavy atom. The predicted octanol–water partition coefficient (Wildman–Crippen LogP) is 4.63. The Hall–Kier alpha value is -2.10. The Bertz CT molecular complexity index is 573. The number of unbranched alkanes of at least 4 members (excludes halogenated alkanes) is 1. The van der Waals surface area contributed by atoms with Gasteiger partial charge in [-0.2, -0.15) is 0 Å². The van der Waals surface area contributed by atoms with Crippen LogP contribution in [-0.4, -0.2) is 5.11 Å². The summed E-state index contributed by atoms with van der Waals surface area (Å²) >= 11 is 0. The maximum atomic E-state index is 13.2. The van der Waals surface area contributed by atoms with E-state index in [0.29, 0.717) is 12.1 Å². The number of hydrogen-bond acceptors (Lipinski definition) is 2. The van der Waals surface area contributed by atoms with Gasteiger partial charge in [-0.05, 0) is 48.2 Å². The Kier molecular flexibility index (Phi) is 5.14. The molecule has 0 radical (unpaired) electrons. The van der Waals surface area contributed by atoms with E-state index in [1.807, 2.05) is 12.1 Å². The highest BCUT2D eigenvalue weighted by Gasteiger charge is 2.09. The van der Waals surface area contributed by atoms with Gasteiger partial charge < -0.3 is 10.4 Å². The zero-order valence-electron chi connectivity index (χ0n) is 12.0. The highest BCUT2D eigenvalue weighted by Crippen LogP contribution is 2.22. The summed E-state index contributed by atoms with van der Waals surface area (Å²) in [5, 5.41) is 12.2. The average Bonchev–Trinajstić information content (AvgIpc) is 2.49. The maximum Gasteiger partial charge on any atom is 0.187 e. The first-order chi connectivity index (χ1) is 10.1. The van der Waals surface area contributed by atoms with Crippen LogP contribution in [0.3, 0.4) is 0 Å². The number of anilines is 1. The van der Waals surface area contributed by atoms with Gasteiger partial charge in [0, 0.05) is 12.2 Å². The Labute approximate surface area is 123 Å². The van der Waals surface area contributed by atoms with Gasteiger partial charge in [0.1, 0.15) is 0 Å². The van der Waals surface area contributed by atoms with E-state index in [2.05, 4.69) is 24.4 Å². The van der Waals surface area contributed by atoms with E-state index in [9.17, 15) is 8.78 Å². The van der Waals surface area contributed by atoms with E-state index in [1.54, 1.807) is 0 Å². The zero-order valence-corrected chi connectivity index (χ0v) is 12.0. The first-order valence-electron chi connectivity index (χ1n) is 7.10. The molecule has 112 valence electrons. The lowest BCUT2D eigenvalue weighted by atomic mass is 10.1. The summed E-state index contributed by atoms with van der Waals surface area (Å²) in [4.78, 5) is 0. The molecule has 0 spiro atoms. The fraction of sp³-hybridized carbons (Fsp3) is 0.294. The molecule has 21 heavy (non-hydrogen) atoms. The second-order valence-electron chi connectivity index (χ2n) is 5.06. The lowest BCUT2D eigenvalue weighted by Gasteiger charge is -2.09. The largest absolute Gasteiger partial charge is 0.503 e. The van der Waals surface area contributed by atoms with Crippen molar-refractivity contribution in [2.45, 2.75) is 32.7 Å². The summed E-state index contributed by atoms with van der Waals surface area (Å²) in [6.45, 7) is 2.45. The van der Waals surface area contributed by atoms with Gasteiger partial charge in [-0.3, -0.25) is 0 Å². The number of phenols is 1. The Morgan fingerprint density at radius 2 is 1.62 bits per heavy atom. The van der Waals surface area contributed by atoms with E-state index in [0.717, 1.165) is 30.7 Å². The van der Waals surface area contributed by atoms with Crippen LogP contribution in [0.2, 0.25) is 0 Å². The standard InChI is InChI=1S/C17H19F2NO/c1-2-3-4-12-5-7-14(8-6-12)20-11-13-9-15(18)17(21)16(19)10-13/h5-10,20-21H,2-4,11H2,1H3. The number of halogens is 2. The van der Waals surface area contributed by atoms with Gasteiger partial charge in [0.2, 0.25) is 0 Å². The van der Waals surface area contributed by atoms with Crippen molar-refractivity contribution in [3.05, 3.63) is 59.2 Å². The first kappa shape index (κ1) is 15.3. The van der Waals surface area contributed by atoms with Crippen LogP contribution in [0, 0.1) is 11.6 Å². The lowest BCUT2D eigenvalue weighted by Crippen LogP contribution is -2.01. The molecule has 0 bridgehead atoms. The van der Waals surface area contributed by atoms with Gasteiger partial charge in [0.05, 0.1) is 0 Å². The minimum Gasteiger partial charge on any atom is -0.503 e. The van der Waals surface area contributed by atoms with Crippen LogP contribution in [-0.2, 0) is 13.0 Å². The highest BCUT2D eigenvalue weighted by atomic mass is 19.1. The third kappa shape index (κ3) is 4.18. The van der Waals surface area contributed by atoms with E-state index >= 15 is 0 Å². The van der Waals surface area contributed by atoms with Gasteiger partial charge in [-0.15, -0.1) is 0 Å². The third-order valence-corrected chi connectivity index (χ3v) is 3.35. The van der Waals surface area contributed by atoms with Crippen molar-refractivity contribution in [2.24, 2.45) is 0 Å². The summed E-state index contributed by atoms with van der Waals surface area (Å²) in [6.07, 6.45) is 3.39. The van der Waals surface area contributed by atoms with Gasteiger partial charge in [0.15, 0.2) is 17.4 Å². The van der Waals surface area contributed by atoms with E-state index in [4.69, 9.17) is 5.11 Å². The third-order valence-electron chi connectivity index (χ3n) is 3.35. The quantitative estimate of drug-likeness (QED) is 0.813. The lowest BCUT2D eigenvalue weighted by molar-refractivity contribution is 0.395. The summed E-state index contributed by atoms with van der Waals surface area (Å²) in [7, 11) is 0. The molecule has 0 aromatic heterocycles. The molecule has 0 saturated carbocycles. The van der Waals surface area contributed by atoms with Crippen molar-refractivity contribution in [2.75, 3.05) is 5.32 Å². The van der Waals surface area contributed by atoms with Crippen molar-refractivity contribution in [3.8, 4) is 5.75 Å². The van der Waals surface area contributed by atoms with Crippen molar-refractivity contribution >= 4 is 5.69 Å². The number of nitrogens with one attached hydrogen (secondary N) is 1. The second kappa shape index (κ2) is 7.07. The second-order valence-corrected chi connectivity index (χ2v) is 5.06. The molecule has 0 aliphatic heterocycles. The van der Waals surface area contributed by atoms with Gasteiger partial charge in [0.25, 0.3) is 0 Å². The number of hydrogen-bond donors (Lipinski definition) is 2. The molecule has 0 amide bonds. The smallest absolute Gasteiger partial charge is 0.187 e. The predicted molar refractivity (Wildman–Crippen MR) is 80.4 cm³/mol. The van der Waals surface area contributed by atoms with Crippen molar-refractivity contribution < 1.29 is 13.9 Å². The molecule has 0 unspecified atom stereocenters. The molecule has 0 heterocycles. The number of aryl methyl sites for hydroxylation is 1. The molecule has 0 aliphatic carbocycles. The van der Waals surface area contributed by atoms with Crippen LogP contribution < -0.4 is 5.32 Å². The summed E-state index contributed by atoms with van der Waals surface area (Å²) in [5.74, 6) is -2.82. The number of benzene rings is 2. The SMILES string of the molecule is CCCCc1ccc(NCc2cc(F)c(O)c(F)c2)cc1. The molecule has 2 nitrogen and oxygen atoms in total. The normalized spacial score (nSPS) is 10.6. The van der Waals surface area contributed by atoms with E-state index in [-0.39, 0.29) is 0 Å². The molecule has 0 fully saturated rings. The summed E-state index contributed by atoms with van der Waals surface area (Å²) in [6, 6.07) is 10.3. The molecule has 4 heteroatoms. The van der Waals surface area contributed by atoms with E-state index in [1.165, 1.54) is 12.0 Å². The number of phenolic OH excluding ortho intramolecular Hbond substituents is 1. The molecule has 2 aromatic carbocycles. The Morgan fingerprint density at radius 3 is 2.19 bits per heavy atom. The van der Waals surface area contributed by atoms with Crippen LogP contribution in [0.4, 0.5) is 14.5 Å². The molecule has 0 saturated heterocycles. The van der Waals surface area contributed by atoms with Crippen molar-refractivity contribution in [3.63, 3.8) is 0 Å². The minimum atomic E-state index is -0.943. The van der Waals surface area contributed by atoms with Crippen molar-refractivity contribution in [1.82, 2.24) is 0 Å². The van der Waals surface area contributed by atoms with Crippen molar-refractivity contribution in [1.29, 1.82) is 0 Å². The molecule has 2 N–H and O–H groups in total. The van der Waals surface area contributed by atoms with Gasteiger partial charge >= 0.3 is 0 Å². The van der Waals surface area contributed by atoms with Crippen LogP contribution in [0.5, 0.6) is 5.75 Å². The van der Waals surface area contributed by atoms with Gasteiger partial charge in [-0.1, -0.05) is 25.5 Å². The average molecular weight is 291 g/mol. The van der Waals surface area contributed by atoms with Crippen LogP contribution in [0.15, 0.2) is 36.4 Å². The number of aromatic hydroxyl groups is 1. The molecule has 0 aliphatic rings. The first-order valence-corrected chi connectivity index (χ1v) is 7.10. The molecular weight excluding hydrogens is 272 g/mol. The zero-order chi connectivity index (χ0) is 15.2. The topological polar surface area (TPSA) is 32.3 Å². The summed E-state index contributed by atoms with van der Waals surface area (Å²) < 4.78 is 26.4. The molecular formula is C17H19F2NO. The molecule has 2 aromatic rings. The van der Waals surface area contributed by atoms with Crippen LogP contribution in [0.25, 0.3) is 0 Å². The highest BCUT2D eigenvalue weighted by molar-refractivity contribution is 5.45. The van der Waals surface area contributed by atoms with Gasteiger partial charge in [-0.25, -0.2) is 8.78 Å². The Balaban J connectivity index is 1.96. The van der Waals surface area contributed by atoms with Crippen LogP contribution >= 0.6 is 0 Å². The minimum absolute atomic E-state index is 0.294. The molecule has 2 rings (SSSR count). The monoisotopic (exact) mass is 291 g/mol. The maximum absolute atomic E-state index is 13.2.